The number of benzene rings is 1. The van der Waals surface area contributed by atoms with Crippen LogP contribution < -0.4 is 10.5 Å². The van der Waals surface area contributed by atoms with Gasteiger partial charge in [-0.15, -0.1) is 12.4 Å². The van der Waals surface area contributed by atoms with Gasteiger partial charge in [-0.2, -0.15) is 0 Å². The molecule has 0 amide bonds. The van der Waals surface area contributed by atoms with Crippen LogP contribution >= 0.6 is 12.4 Å². The van der Waals surface area contributed by atoms with Crippen LogP contribution in [0.1, 0.15) is 83.1 Å². The first-order valence-corrected chi connectivity index (χ1v) is 10.2. The van der Waals surface area contributed by atoms with Crippen molar-refractivity contribution in [3.63, 3.8) is 0 Å². The van der Waals surface area contributed by atoms with Gasteiger partial charge in [0.25, 0.3) is 0 Å². The van der Waals surface area contributed by atoms with Crippen LogP contribution in [0.2, 0.25) is 0 Å². The number of aryl methyl sites for hydroxylation is 1. The summed E-state index contributed by atoms with van der Waals surface area (Å²) >= 11 is 0. The summed E-state index contributed by atoms with van der Waals surface area (Å²) in [5.74, 6) is 1.79. The van der Waals surface area contributed by atoms with Crippen LogP contribution in [0.5, 0.6) is 5.75 Å². The Morgan fingerprint density at radius 3 is 2.40 bits per heavy atom. The highest BCUT2D eigenvalue weighted by Crippen LogP contribution is 2.24. The SMILES string of the molecule is CCCCCCC(N)CCc1ccc(OCC2CCCCC2)cc1.Cl. The van der Waals surface area contributed by atoms with E-state index in [0.29, 0.717) is 6.04 Å². The molecule has 2 rings (SSSR count). The second-order valence-electron chi connectivity index (χ2n) is 7.61. The summed E-state index contributed by atoms with van der Waals surface area (Å²) in [6, 6.07) is 9.03. The van der Waals surface area contributed by atoms with Crippen LogP contribution in [0, 0.1) is 5.92 Å². The highest BCUT2D eigenvalue weighted by molar-refractivity contribution is 5.85. The number of nitrogens with two attached hydrogens (primary N) is 1. The van der Waals surface area contributed by atoms with Crippen LogP contribution in [-0.4, -0.2) is 12.6 Å². The van der Waals surface area contributed by atoms with Crippen LogP contribution in [-0.2, 0) is 6.42 Å². The van der Waals surface area contributed by atoms with Crippen molar-refractivity contribution in [2.24, 2.45) is 11.7 Å². The molecule has 0 heterocycles. The largest absolute Gasteiger partial charge is 0.493 e. The van der Waals surface area contributed by atoms with E-state index in [-0.39, 0.29) is 12.4 Å². The Morgan fingerprint density at radius 1 is 1.00 bits per heavy atom. The zero-order valence-corrected chi connectivity index (χ0v) is 16.9. The zero-order chi connectivity index (χ0) is 17.0. The zero-order valence-electron chi connectivity index (χ0n) is 16.1. The molecule has 1 atom stereocenters. The molecule has 0 spiro atoms. The van der Waals surface area contributed by atoms with Crippen molar-refractivity contribution in [2.45, 2.75) is 90.0 Å². The third kappa shape index (κ3) is 9.51. The van der Waals surface area contributed by atoms with E-state index in [9.17, 15) is 0 Å². The number of hydrogen-bond acceptors (Lipinski definition) is 2. The molecule has 0 saturated heterocycles. The van der Waals surface area contributed by atoms with Gasteiger partial charge in [0.05, 0.1) is 6.61 Å². The number of halogens is 1. The lowest BCUT2D eigenvalue weighted by Crippen LogP contribution is -2.20. The molecule has 0 bridgehead atoms. The fourth-order valence-corrected chi connectivity index (χ4v) is 3.65. The number of rotatable bonds is 11. The first-order chi connectivity index (χ1) is 11.8. The van der Waals surface area contributed by atoms with Gasteiger partial charge in [-0.3, -0.25) is 0 Å². The van der Waals surface area contributed by atoms with E-state index in [1.165, 1.54) is 69.8 Å². The van der Waals surface area contributed by atoms with Gasteiger partial charge >= 0.3 is 0 Å². The molecular formula is C22H38ClNO. The summed E-state index contributed by atoms with van der Waals surface area (Å²) in [6.45, 7) is 3.14. The summed E-state index contributed by atoms with van der Waals surface area (Å²) in [7, 11) is 0. The average Bonchev–Trinajstić information content (AvgIpc) is 2.63. The predicted octanol–water partition coefficient (Wildman–Crippen LogP) is 6.30. The lowest BCUT2D eigenvalue weighted by Gasteiger charge is -2.21. The normalized spacial score (nSPS) is 16.2. The smallest absolute Gasteiger partial charge is 0.119 e. The van der Waals surface area contributed by atoms with Gasteiger partial charge < -0.3 is 10.5 Å². The van der Waals surface area contributed by atoms with Crippen molar-refractivity contribution in [3.8, 4) is 5.75 Å². The summed E-state index contributed by atoms with van der Waals surface area (Å²) in [5.41, 5.74) is 7.62. The second-order valence-corrected chi connectivity index (χ2v) is 7.61. The van der Waals surface area contributed by atoms with Crippen LogP contribution in [0.15, 0.2) is 24.3 Å². The Balaban J connectivity index is 0.00000312. The van der Waals surface area contributed by atoms with Crippen molar-refractivity contribution in [1.29, 1.82) is 0 Å². The van der Waals surface area contributed by atoms with Crippen LogP contribution in [0.3, 0.4) is 0 Å². The summed E-state index contributed by atoms with van der Waals surface area (Å²) in [4.78, 5) is 0. The van der Waals surface area contributed by atoms with E-state index >= 15 is 0 Å². The number of ether oxygens (including phenoxy) is 1. The molecule has 3 heteroatoms. The molecule has 1 aliphatic carbocycles. The molecule has 0 aliphatic heterocycles. The lowest BCUT2D eigenvalue weighted by molar-refractivity contribution is 0.209. The maximum Gasteiger partial charge on any atom is 0.119 e. The van der Waals surface area contributed by atoms with Crippen molar-refractivity contribution < 1.29 is 4.74 Å². The van der Waals surface area contributed by atoms with Gasteiger partial charge in [0.1, 0.15) is 5.75 Å². The molecule has 1 aromatic rings. The van der Waals surface area contributed by atoms with Crippen molar-refractivity contribution in [3.05, 3.63) is 29.8 Å². The fraction of sp³-hybridized carbons (Fsp3) is 0.727. The summed E-state index contributed by atoms with van der Waals surface area (Å²) in [6.07, 6.45) is 15.4. The third-order valence-electron chi connectivity index (χ3n) is 5.37. The Hall–Kier alpha value is -0.730. The van der Waals surface area contributed by atoms with E-state index in [4.69, 9.17) is 10.5 Å². The third-order valence-corrected chi connectivity index (χ3v) is 5.37. The van der Waals surface area contributed by atoms with Gasteiger partial charge in [-0.25, -0.2) is 0 Å². The minimum Gasteiger partial charge on any atom is -0.493 e. The fourth-order valence-electron chi connectivity index (χ4n) is 3.65. The predicted molar refractivity (Wildman–Crippen MR) is 111 cm³/mol. The van der Waals surface area contributed by atoms with E-state index < -0.39 is 0 Å². The second kappa shape index (κ2) is 13.5. The van der Waals surface area contributed by atoms with Gasteiger partial charge in [-0.05, 0) is 55.7 Å². The van der Waals surface area contributed by atoms with Gasteiger partial charge in [-0.1, -0.05) is 64.0 Å². The monoisotopic (exact) mass is 367 g/mol. The van der Waals surface area contributed by atoms with E-state index in [0.717, 1.165) is 31.1 Å². The summed E-state index contributed by atoms with van der Waals surface area (Å²) in [5, 5.41) is 0. The average molecular weight is 368 g/mol. The first-order valence-electron chi connectivity index (χ1n) is 10.2. The lowest BCUT2D eigenvalue weighted by atomic mass is 9.90. The van der Waals surface area contributed by atoms with Gasteiger partial charge in [0.15, 0.2) is 0 Å². The Bertz CT molecular complexity index is 428. The number of hydrogen-bond donors (Lipinski definition) is 1. The first kappa shape index (κ1) is 22.3. The van der Waals surface area contributed by atoms with Gasteiger partial charge in [0.2, 0.25) is 0 Å². The minimum absolute atomic E-state index is 0. The van der Waals surface area contributed by atoms with E-state index in [1.54, 1.807) is 0 Å². The van der Waals surface area contributed by atoms with Crippen molar-refractivity contribution in [1.82, 2.24) is 0 Å². The molecule has 0 radical (unpaired) electrons. The number of unbranched alkanes of at least 4 members (excludes halogenated alkanes) is 3. The van der Waals surface area contributed by atoms with Crippen molar-refractivity contribution in [2.75, 3.05) is 6.61 Å². The Morgan fingerprint density at radius 2 is 1.72 bits per heavy atom. The van der Waals surface area contributed by atoms with E-state index in [1.807, 2.05) is 0 Å². The maximum absolute atomic E-state index is 6.24. The Labute approximate surface area is 161 Å². The highest BCUT2D eigenvalue weighted by atomic mass is 35.5. The molecule has 25 heavy (non-hydrogen) atoms. The molecule has 1 aromatic carbocycles. The molecule has 0 aromatic heterocycles. The van der Waals surface area contributed by atoms with Crippen molar-refractivity contribution >= 4 is 12.4 Å². The molecule has 1 aliphatic rings. The molecule has 2 nitrogen and oxygen atoms in total. The van der Waals surface area contributed by atoms with E-state index in [2.05, 4.69) is 31.2 Å². The molecule has 144 valence electrons. The molecule has 2 N–H and O–H groups in total. The Kier molecular flexibility index (Phi) is 12.0. The topological polar surface area (TPSA) is 35.2 Å². The molecular weight excluding hydrogens is 330 g/mol. The summed E-state index contributed by atoms with van der Waals surface area (Å²) < 4.78 is 5.98. The quantitative estimate of drug-likeness (QED) is 0.466. The van der Waals surface area contributed by atoms with Gasteiger partial charge in [0, 0.05) is 6.04 Å². The molecule has 1 saturated carbocycles. The standard InChI is InChI=1S/C22H37NO.ClH/c1-2-3-4-8-11-21(23)15-12-19-13-16-22(17-14-19)24-18-20-9-6-5-7-10-20;/h13-14,16-17,20-21H,2-12,15,18,23H2,1H3;1H. The maximum atomic E-state index is 6.24. The minimum atomic E-state index is 0. The molecule has 1 fully saturated rings. The molecule has 1 unspecified atom stereocenters. The van der Waals surface area contributed by atoms with Crippen LogP contribution in [0.25, 0.3) is 0 Å². The van der Waals surface area contributed by atoms with Crippen LogP contribution in [0.4, 0.5) is 0 Å². The highest BCUT2D eigenvalue weighted by Gasteiger charge is 2.13.